The molecule has 28 heavy (non-hydrogen) atoms. The number of alkyl halides is 3. The minimum atomic E-state index is -4.46. The Balaban J connectivity index is 1.95. The number of phenolic OH excluding ortho intramolecular Hbond substituents is 1. The van der Waals surface area contributed by atoms with Crippen LogP contribution in [0, 0.1) is 0 Å². The van der Waals surface area contributed by atoms with Gasteiger partial charge in [0.1, 0.15) is 11.3 Å². The van der Waals surface area contributed by atoms with E-state index in [1.54, 1.807) is 54.9 Å². The molecule has 3 nitrogen and oxygen atoms in total. The van der Waals surface area contributed by atoms with Gasteiger partial charge >= 0.3 is 6.18 Å². The third-order valence-electron chi connectivity index (χ3n) is 4.62. The number of phenols is 1. The fourth-order valence-corrected chi connectivity index (χ4v) is 3.33. The second-order valence-electron chi connectivity index (χ2n) is 6.39. The summed E-state index contributed by atoms with van der Waals surface area (Å²) in [6.45, 7) is 0. The zero-order chi connectivity index (χ0) is 19.7. The van der Waals surface area contributed by atoms with E-state index in [1.165, 1.54) is 6.07 Å². The van der Waals surface area contributed by atoms with Crippen LogP contribution in [0.15, 0.2) is 79.1 Å². The standard InChI is InChI=1S/C22H15F3N2O/c23-22(24,25)16-7-3-5-15(13-16)19(18-8-1-2-11-26-18)17-10-9-14-6-4-12-27-20(14)21(17)28/h1-13,19,28H/t19-/m1/s1. The summed E-state index contributed by atoms with van der Waals surface area (Å²) in [5, 5.41) is 11.6. The average molecular weight is 380 g/mol. The molecule has 1 N–H and O–H groups in total. The van der Waals surface area contributed by atoms with E-state index < -0.39 is 17.7 Å². The van der Waals surface area contributed by atoms with Gasteiger partial charge in [0.05, 0.1) is 17.2 Å². The predicted octanol–water partition coefficient (Wildman–Crippen LogP) is 5.53. The number of halogens is 3. The summed E-state index contributed by atoms with van der Waals surface area (Å²) >= 11 is 0. The molecular formula is C22H15F3N2O. The highest BCUT2D eigenvalue weighted by molar-refractivity contribution is 5.86. The van der Waals surface area contributed by atoms with Gasteiger partial charge in [-0.2, -0.15) is 13.2 Å². The first-order valence-electron chi connectivity index (χ1n) is 8.60. The van der Waals surface area contributed by atoms with Crippen LogP contribution in [0.25, 0.3) is 10.9 Å². The highest BCUT2D eigenvalue weighted by Gasteiger charge is 2.32. The van der Waals surface area contributed by atoms with Crippen LogP contribution in [0.3, 0.4) is 0 Å². The van der Waals surface area contributed by atoms with Crippen molar-refractivity contribution >= 4 is 10.9 Å². The maximum atomic E-state index is 13.2. The number of benzene rings is 2. The molecule has 2 aromatic carbocycles. The van der Waals surface area contributed by atoms with Crippen LogP contribution in [0.2, 0.25) is 0 Å². The average Bonchev–Trinajstić information content (AvgIpc) is 2.71. The zero-order valence-corrected chi connectivity index (χ0v) is 14.6. The molecule has 6 heteroatoms. The topological polar surface area (TPSA) is 46.0 Å². The molecule has 4 rings (SSSR count). The lowest BCUT2D eigenvalue weighted by molar-refractivity contribution is -0.137. The first kappa shape index (κ1) is 18.0. The quantitative estimate of drug-likeness (QED) is 0.508. The summed E-state index contributed by atoms with van der Waals surface area (Å²) in [4.78, 5) is 8.55. The van der Waals surface area contributed by atoms with Crippen LogP contribution in [0.5, 0.6) is 5.75 Å². The fourth-order valence-electron chi connectivity index (χ4n) is 3.33. The Morgan fingerprint density at radius 2 is 1.64 bits per heavy atom. The third-order valence-corrected chi connectivity index (χ3v) is 4.62. The fraction of sp³-hybridized carbons (Fsp3) is 0.0909. The van der Waals surface area contributed by atoms with Crippen LogP contribution in [-0.4, -0.2) is 15.1 Å². The smallest absolute Gasteiger partial charge is 0.416 e. The predicted molar refractivity (Wildman–Crippen MR) is 100 cm³/mol. The lowest BCUT2D eigenvalue weighted by atomic mass is 9.86. The molecule has 2 aromatic heterocycles. The molecule has 0 fully saturated rings. The maximum absolute atomic E-state index is 13.2. The van der Waals surface area contributed by atoms with E-state index in [0.29, 0.717) is 22.3 Å². The molecule has 0 aliphatic rings. The highest BCUT2D eigenvalue weighted by atomic mass is 19.4. The normalized spacial score (nSPS) is 12.8. The Bertz CT molecular complexity index is 1130. The number of pyridine rings is 2. The third kappa shape index (κ3) is 3.29. The second kappa shape index (κ2) is 6.96. The molecule has 0 bridgehead atoms. The highest BCUT2D eigenvalue weighted by Crippen LogP contribution is 2.40. The number of hydrogen-bond donors (Lipinski definition) is 1. The van der Waals surface area contributed by atoms with Gasteiger partial charge in [0.25, 0.3) is 0 Å². The van der Waals surface area contributed by atoms with Crippen molar-refractivity contribution in [3.63, 3.8) is 0 Å². The number of fused-ring (bicyclic) bond motifs is 1. The molecule has 0 unspecified atom stereocenters. The van der Waals surface area contributed by atoms with Crippen molar-refractivity contribution in [2.75, 3.05) is 0 Å². The number of hydrogen-bond acceptors (Lipinski definition) is 3. The van der Waals surface area contributed by atoms with Crippen LogP contribution in [0.4, 0.5) is 13.2 Å². The van der Waals surface area contributed by atoms with Gasteiger partial charge in [0.2, 0.25) is 0 Å². The molecule has 1 atom stereocenters. The molecule has 4 aromatic rings. The monoisotopic (exact) mass is 380 g/mol. The van der Waals surface area contributed by atoms with Crippen molar-refractivity contribution < 1.29 is 18.3 Å². The number of nitrogens with zero attached hydrogens (tertiary/aromatic N) is 2. The lowest BCUT2D eigenvalue weighted by Crippen LogP contribution is -2.10. The van der Waals surface area contributed by atoms with Crippen LogP contribution in [0.1, 0.15) is 28.3 Å². The summed E-state index contributed by atoms with van der Waals surface area (Å²) in [7, 11) is 0. The van der Waals surface area contributed by atoms with Crippen LogP contribution < -0.4 is 0 Å². The Morgan fingerprint density at radius 1 is 0.821 bits per heavy atom. The minimum Gasteiger partial charge on any atom is -0.505 e. The van der Waals surface area contributed by atoms with Crippen molar-refractivity contribution in [2.45, 2.75) is 12.1 Å². The summed E-state index contributed by atoms with van der Waals surface area (Å²) in [5.41, 5.74) is 1.02. The number of aromatic nitrogens is 2. The van der Waals surface area contributed by atoms with Gasteiger partial charge in [-0.3, -0.25) is 9.97 Å². The van der Waals surface area contributed by atoms with Gasteiger partial charge in [-0.25, -0.2) is 0 Å². The Hall–Kier alpha value is -3.41. The van der Waals surface area contributed by atoms with Gasteiger partial charge in [-0.1, -0.05) is 42.5 Å². The van der Waals surface area contributed by atoms with E-state index >= 15 is 0 Å². The van der Waals surface area contributed by atoms with Crippen molar-refractivity contribution in [3.8, 4) is 5.75 Å². The van der Waals surface area contributed by atoms with E-state index in [-0.39, 0.29) is 5.75 Å². The Morgan fingerprint density at radius 3 is 2.39 bits per heavy atom. The summed E-state index contributed by atoms with van der Waals surface area (Å²) in [6.07, 6.45) is -1.32. The van der Waals surface area contributed by atoms with Gasteiger partial charge in [-0.05, 0) is 29.8 Å². The molecule has 0 radical (unpaired) electrons. The first-order chi connectivity index (χ1) is 13.4. The molecular weight excluding hydrogens is 365 g/mol. The maximum Gasteiger partial charge on any atom is 0.416 e. The van der Waals surface area contributed by atoms with Crippen molar-refractivity contribution in [3.05, 3.63) is 102 Å². The SMILES string of the molecule is Oc1c([C@@H](c2cccc(C(F)(F)F)c2)c2ccccn2)ccc2cccnc12. The largest absolute Gasteiger partial charge is 0.505 e. The molecule has 0 saturated heterocycles. The molecule has 140 valence electrons. The van der Waals surface area contributed by atoms with Crippen molar-refractivity contribution in [2.24, 2.45) is 0 Å². The Labute approximate surface area is 159 Å². The molecule has 0 spiro atoms. The molecule has 0 aliphatic carbocycles. The van der Waals surface area contributed by atoms with Gasteiger partial charge in [0, 0.05) is 23.3 Å². The molecule has 0 saturated carbocycles. The number of aromatic hydroxyl groups is 1. The summed E-state index contributed by atoms with van der Waals surface area (Å²) < 4.78 is 39.7. The van der Waals surface area contributed by atoms with E-state index in [2.05, 4.69) is 9.97 Å². The lowest BCUT2D eigenvalue weighted by Gasteiger charge is -2.20. The van der Waals surface area contributed by atoms with Crippen molar-refractivity contribution in [1.29, 1.82) is 0 Å². The minimum absolute atomic E-state index is 0.0637. The van der Waals surface area contributed by atoms with E-state index in [0.717, 1.165) is 17.5 Å². The zero-order valence-electron chi connectivity index (χ0n) is 14.6. The van der Waals surface area contributed by atoms with E-state index in [1.807, 2.05) is 6.07 Å². The van der Waals surface area contributed by atoms with E-state index in [9.17, 15) is 18.3 Å². The molecule has 0 amide bonds. The van der Waals surface area contributed by atoms with Gasteiger partial charge in [0.15, 0.2) is 0 Å². The second-order valence-corrected chi connectivity index (χ2v) is 6.39. The molecule has 2 heterocycles. The van der Waals surface area contributed by atoms with Gasteiger partial charge < -0.3 is 5.11 Å². The van der Waals surface area contributed by atoms with Crippen molar-refractivity contribution in [1.82, 2.24) is 9.97 Å². The van der Waals surface area contributed by atoms with Crippen LogP contribution in [-0.2, 0) is 6.18 Å². The Kier molecular flexibility index (Phi) is 4.47. The first-order valence-corrected chi connectivity index (χ1v) is 8.60. The van der Waals surface area contributed by atoms with Gasteiger partial charge in [-0.15, -0.1) is 0 Å². The molecule has 0 aliphatic heterocycles. The summed E-state index contributed by atoms with van der Waals surface area (Å²) in [6, 6.07) is 17.4. The number of rotatable bonds is 3. The van der Waals surface area contributed by atoms with Crippen LogP contribution >= 0.6 is 0 Å². The summed E-state index contributed by atoms with van der Waals surface area (Å²) in [5.74, 6) is -0.735. The van der Waals surface area contributed by atoms with E-state index in [4.69, 9.17) is 0 Å².